The molecule has 0 aromatic heterocycles. The van der Waals surface area contributed by atoms with Crippen LogP contribution >= 0.6 is 40.1 Å². The third-order valence-corrected chi connectivity index (χ3v) is 4.97. The topological polar surface area (TPSA) is 41.1 Å². The molecule has 0 radical (unpaired) electrons. The Morgan fingerprint density at radius 3 is 2.81 bits per heavy atom. The van der Waals surface area contributed by atoms with Gasteiger partial charge in [-0.15, -0.1) is 24.2 Å². The summed E-state index contributed by atoms with van der Waals surface area (Å²) in [4.78, 5) is 13.0. The molecule has 1 amide bonds. The maximum atomic E-state index is 11.7. The molecule has 1 aromatic carbocycles. The zero-order chi connectivity index (χ0) is 14.2. The van der Waals surface area contributed by atoms with E-state index < -0.39 is 0 Å². The number of hydrogen-bond acceptors (Lipinski definition) is 3. The summed E-state index contributed by atoms with van der Waals surface area (Å²) >= 11 is 5.23. The SMILES string of the molecule is Cl.O=C(CCCSc1ccc(Br)cc1)NCC1CCCN1. The molecule has 1 aliphatic heterocycles. The molecule has 1 aromatic rings. The van der Waals surface area contributed by atoms with Crippen LogP contribution in [0.4, 0.5) is 0 Å². The van der Waals surface area contributed by atoms with Gasteiger partial charge in [0.15, 0.2) is 0 Å². The van der Waals surface area contributed by atoms with Crippen LogP contribution in [0.1, 0.15) is 25.7 Å². The van der Waals surface area contributed by atoms with Crippen LogP contribution in [0.2, 0.25) is 0 Å². The summed E-state index contributed by atoms with van der Waals surface area (Å²) < 4.78 is 1.10. The molecule has 0 spiro atoms. The fourth-order valence-electron chi connectivity index (χ4n) is 2.21. The minimum atomic E-state index is 0. The molecule has 1 fully saturated rings. The summed E-state index contributed by atoms with van der Waals surface area (Å²) in [5.74, 6) is 1.16. The highest BCUT2D eigenvalue weighted by Crippen LogP contribution is 2.21. The first kappa shape index (κ1) is 18.8. The highest BCUT2D eigenvalue weighted by Gasteiger charge is 2.14. The van der Waals surface area contributed by atoms with Crippen LogP contribution in [0.25, 0.3) is 0 Å². The van der Waals surface area contributed by atoms with Gasteiger partial charge in [-0.3, -0.25) is 4.79 Å². The predicted octanol–water partition coefficient (Wildman–Crippen LogP) is 3.61. The summed E-state index contributed by atoms with van der Waals surface area (Å²) in [5, 5.41) is 6.40. The number of nitrogens with one attached hydrogen (secondary N) is 2. The van der Waals surface area contributed by atoms with Crippen molar-refractivity contribution < 1.29 is 4.79 Å². The highest BCUT2D eigenvalue weighted by atomic mass is 79.9. The first-order chi connectivity index (χ1) is 9.74. The Kier molecular flexibility index (Phi) is 9.40. The lowest BCUT2D eigenvalue weighted by Gasteiger charge is -2.11. The third kappa shape index (κ3) is 7.54. The second-order valence-electron chi connectivity index (χ2n) is 5.00. The first-order valence-electron chi connectivity index (χ1n) is 7.12. The number of benzene rings is 1. The van der Waals surface area contributed by atoms with Crippen molar-refractivity contribution in [3.05, 3.63) is 28.7 Å². The van der Waals surface area contributed by atoms with Gasteiger partial charge in [0.05, 0.1) is 0 Å². The van der Waals surface area contributed by atoms with Gasteiger partial charge in [0.2, 0.25) is 5.91 Å². The maximum Gasteiger partial charge on any atom is 0.220 e. The standard InChI is InChI=1S/C15H21BrN2OS.ClH/c16-12-5-7-14(8-6-12)20-10-2-4-15(19)18-11-13-3-1-9-17-13;/h5-8,13,17H,1-4,9-11H2,(H,18,19);1H. The zero-order valence-corrected chi connectivity index (χ0v) is 15.2. The van der Waals surface area contributed by atoms with Gasteiger partial charge in [0, 0.05) is 28.4 Å². The fourth-order valence-corrected chi connectivity index (χ4v) is 3.33. The van der Waals surface area contributed by atoms with E-state index in [9.17, 15) is 4.79 Å². The van der Waals surface area contributed by atoms with Crippen LogP contribution < -0.4 is 10.6 Å². The summed E-state index contributed by atoms with van der Waals surface area (Å²) in [6, 6.07) is 8.77. The number of rotatable bonds is 7. The molecule has 118 valence electrons. The molecule has 1 aliphatic rings. The van der Waals surface area contributed by atoms with Crippen LogP contribution in [-0.2, 0) is 4.79 Å². The minimum Gasteiger partial charge on any atom is -0.355 e. The normalized spacial score (nSPS) is 17.3. The Bertz CT molecular complexity index is 424. The van der Waals surface area contributed by atoms with Gasteiger partial charge in [-0.05, 0) is 55.8 Å². The van der Waals surface area contributed by atoms with Crippen LogP contribution in [0.15, 0.2) is 33.6 Å². The summed E-state index contributed by atoms with van der Waals surface area (Å²) in [6.07, 6.45) is 3.95. The van der Waals surface area contributed by atoms with Crippen molar-refractivity contribution in [1.29, 1.82) is 0 Å². The Labute approximate surface area is 145 Å². The molecule has 1 atom stereocenters. The lowest BCUT2D eigenvalue weighted by atomic mass is 10.2. The van der Waals surface area contributed by atoms with Crippen molar-refractivity contribution >= 4 is 46.0 Å². The zero-order valence-electron chi connectivity index (χ0n) is 11.9. The van der Waals surface area contributed by atoms with E-state index >= 15 is 0 Å². The van der Waals surface area contributed by atoms with Crippen molar-refractivity contribution in [2.75, 3.05) is 18.8 Å². The minimum absolute atomic E-state index is 0. The average molecular weight is 394 g/mol. The van der Waals surface area contributed by atoms with E-state index in [-0.39, 0.29) is 18.3 Å². The van der Waals surface area contributed by atoms with Crippen molar-refractivity contribution in [2.45, 2.75) is 36.6 Å². The van der Waals surface area contributed by atoms with E-state index in [0.29, 0.717) is 12.5 Å². The molecule has 0 bridgehead atoms. The number of carbonyl (C=O) groups is 1. The van der Waals surface area contributed by atoms with E-state index in [1.807, 2.05) is 12.1 Å². The maximum absolute atomic E-state index is 11.7. The predicted molar refractivity (Wildman–Crippen MR) is 95.4 cm³/mol. The van der Waals surface area contributed by atoms with Crippen LogP contribution in [0.3, 0.4) is 0 Å². The molecule has 1 heterocycles. The third-order valence-electron chi connectivity index (χ3n) is 3.34. The van der Waals surface area contributed by atoms with Gasteiger partial charge in [0.1, 0.15) is 0 Å². The Morgan fingerprint density at radius 1 is 1.38 bits per heavy atom. The van der Waals surface area contributed by atoms with Crippen LogP contribution in [-0.4, -0.2) is 30.8 Å². The molecule has 0 saturated carbocycles. The van der Waals surface area contributed by atoms with E-state index in [1.165, 1.54) is 17.7 Å². The van der Waals surface area contributed by atoms with Crippen molar-refractivity contribution in [3.63, 3.8) is 0 Å². The average Bonchev–Trinajstić information content (AvgIpc) is 2.96. The Morgan fingerprint density at radius 2 is 2.14 bits per heavy atom. The smallest absolute Gasteiger partial charge is 0.220 e. The van der Waals surface area contributed by atoms with Crippen molar-refractivity contribution in [3.8, 4) is 0 Å². The van der Waals surface area contributed by atoms with Crippen LogP contribution in [0.5, 0.6) is 0 Å². The van der Waals surface area contributed by atoms with E-state index in [1.54, 1.807) is 11.8 Å². The molecular weight excluding hydrogens is 372 g/mol. The lowest BCUT2D eigenvalue weighted by Crippen LogP contribution is -2.37. The second-order valence-corrected chi connectivity index (χ2v) is 7.09. The Balaban J connectivity index is 0.00000220. The number of hydrogen-bond donors (Lipinski definition) is 2. The summed E-state index contributed by atoms with van der Waals surface area (Å²) in [5.41, 5.74) is 0. The molecule has 0 aliphatic carbocycles. The van der Waals surface area contributed by atoms with E-state index in [0.717, 1.165) is 29.7 Å². The summed E-state index contributed by atoms with van der Waals surface area (Å²) in [7, 11) is 0. The largest absolute Gasteiger partial charge is 0.355 e. The molecule has 2 rings (SSSR count). The molecule has 1 unspecified atom stereocenters. The van der Waals surface area contributed by atoms with Crippen molar-refractivity contribution in [2.24, 2.45) is 0 Å². The van der Waals surface area contributed by atoms with Gasteiger partial charge in [-0.2, -0.15) is 0 Å². The van der Waals surface area contributed by atoms with E-state index in [2.05, 4.69) is 38.7 Å². The van der Waals surface area contributed by atoms with Gasteiger partial charge < -0.3 is 10.6 Å². The fraction of sp³-hybridized carbons (Fsp3) is 0.533. The highest BCUT2D eigenvalue weighted by molar-refractivity contribution is 9.10. The van der Waals surface area contributed by atoms with Gasteiger partial charge in [-0.1, -0.05) is 15.9 Å². The van der Waals surface area contributed by atoms with Crippen molar-refractivity contribution in [1.82, 2.24) is 10.6 Å². The number of carbonyl (C=O) groups excluding carboxylic acids is 1. The molecule has 3 nitrogen and oxygen atoms in total. The molecule has 2 N–H and O–H groups in total. The number of halogens is 2. The number of thioether (sulfide) groups is 1. The second kappa shape index (κ2) is 10.5. The van der Waals surface area contributed by atoms with Gasteiger partial charge >= 0.3 is 0 Å². The molecule has 1 saturated heterocycles. The lowest BCUT2D eigenvalue weighted by molar-refractivity contribution is -0.121. The molecule has 21 heavy (non-hydrogen) atoms. The number of amides is 1. The first-order valence-corrected chi connectivity index (χ1v) is 8.90. The Hall–Kier alpha value is -0.230. The molecule has 6 heteroatoms. The van der Waals surface area contributed by atoms with Gasteiger partial charge in [0.25, 0.3) is 0 Å². The molecular formula is C15H22BrClN2OS. The quantitative estimate of drug-likeness (QED) is 0.549. The monoisotopic (exact) mass is 392 g/mol. The van der Waals surface area contributed by atoms with E-state index in [4.69, 9.17) is 0 Å². The van der Waals surface area contributed by atoms with Crippen LogP contribution in [0, 0.1) is 0 Å². The van der Waals surface area contributed by atoms with Gasteiger partial charge in [-0.25, -0.2) is 0 Å². The summed E-state index contributed by atoms with van der Waals surface area (Å²) in [6.45, 7) is 1.86.